The first-order chi connectivity index (χ1) is 11.6. The Balaban J connectivity index is 2.14. The van der Waals surface area contributed by atoms with E-state index in [1.807, 2.05) is 18.2 Å². The van der Waals surface area contributed by atoms with Crippen LogP contribution in [0.2, 0.25) is 0 Å². The number of aromatic nitrogens is 2. The van der Waals surface area contributed by atoms with Gasteiger partial charge in [-0.25, -0.2) is 4.68 Å². The molecule has 24 heavy (non-hydrogen) atoms. The van der Waals surface area contributed by atoms with E-state index in [2.05, 4.69) is 17.0 Å². The lowest BCUT2D eigenvalue weighted by Gasteiger charge is -2.04. The maximum atomic E-state index is 11.4. The van der Waals surface area contributed by atoms with E-state index in [1.54, 1.807) is 28.9 Å². The second kappa shape index (κ2) is 6.55. The van der Waals surface area contributed by atoms with Gasteiger partial charge >= 0.3 is 0 Å². The number of hydrogen-bond acceptors (Lipinski definition) is 4. The van der Waals surface area contributed by atoms with E-state index in [4.69, 9.17) is 0 Å². The summed E-state index contributed by atoms with van der Waals surface area (Å²) in [5.41, 5.74) is 2.97. The number of benzene rings is 2. The molecule has 0 spiro atoms. The standard InChI is InChI=1S/C18H17N3O3/c1-2-17(24)19-10-15-18-12(11-22)4-3-5-16(18)21(20-15)13-6-8-14(23)9-7-13/h2-9,22-23H,1,10-11H2,(H,19,24). The molecule has 0 saturated carbocycles. The van der Waals surface area contributed by atoms with Crippen LogP contribution in [0, 0.1) is 0 Å². The van der Waals surface area contributed by atoms with Gasteiger partial charge in [-0.15, -0.1) is 0 Å². The molecule has 2 aromatic carbocycles. The van der Waals surface area contributed by atoms with Gasteiger partial charge in [0.15, 0.2) is 0 Å². The Labute approximate surface area is 138 Å². The van der Waals surface area contributed by atoms with Crippen LogP contribution >= 0.6 is 0 Å². The molecule has 6 nitrogen and oxygen atoms in total. The first kappa shape index (κ1) is 15.8. The average Bonchev–Trinajstić information content (AvgIpc) is 2.99. The van der Waals surface area contributed by atoms with E-state index in [9.17, 15) is 15.0 Å². The molecule has 0 aliphatic carbocycles. The van der Waals surface area contributed by atoms with Crippen molar-refractivity contribution in [2.24, 2.45) is 0 Å². The number of nitrogens with one attached hydrogen (secondary N) is 1. The monoisotopic (exact) mass is 323 g/mol. The number of aliphatic hydroxyl groups excluding tert-OH is 1. The van der Waals surface area contributed by atoms with Crippen LogP contribution in [0.15, 0.2) is 55.1 Å². The lowest BCUT2D eigenvalue weighted by molar-refractivity contribution is -0.116. The Hall–Kier alpha value is -3.12. The van der Waals surface area contributed by atoms with E-state index < -0.39 is 0 Å². The number of carbonyl (C=O) groups excluding carboxylic acids is 1. The van der Waals surface area contributed by atoms with E-state index in [1.165, 1.54) is 6.08 Å². The SMILES string of the molecule is C=CC(=O)NCc1nn(-c2ccc(O)cc2)c2cccc(CO)c12. The molecular formula is C18H17N3O3. The minimum absolute atomic E-state index is 0.124. The highest BCUT2D eigenvalue weighted by Gasteiger charge is 2.15. The number of hydrogen-bond donors (Lipinski definition) is 3. The van der Waals surface area contributed by atoms with Crippen molar-refractivity contribution in [3.8, 4) is 11.4 Å². The molecule has 1 amide bonds. The summed E-state index contributed by atoms with van der Waals surface area (Å²) in [5.74, 6) is -0.117. The van der Waals surface area contributed by atoms with Gasteiger partial charge in [0, 0.05) is 5.39 Å². The van der Waals surface area contributed by atoms with Crippen molar-refractivity contribution < 1.29 is 15.0 Å². The van der Waals surface area contributed by atoms with Gasteiger partial charge < -0.3 is 15.5 Å². The summed E-state index contributed by atoms with van der Waals surface area (Å²) in [6, 6.07) is 12.2. The number of phenols is 1. The molecule has 3 aromatic rings. The first-order valence-electron chi connectivity index (χ1n) is 7.44. The van der Waals surface area contributed by atoms with Gasteiger partial charge in [-0.05, 0) is 42.0 Å². The fraction of sp³-hybridized carbons (Fsp3) is 0.111. The van der Waals surface area contributed by atoms with Crippen LogP contribution in [-0.2, 0) is 17.9 Å². The van der Waals surface area contributed by atoms with Crippen LogP contribution in [0.25, 0.3) is 16.6 Å². The summed E-state index contributed by atoms with van der Waals surface area (Å²) in [6.07, 6.45) is 1.20. The van der Waals surface area contributed by atoms with Crippen LogP contribution in [0.1, 0.15) is 11.3 Å². The van der Waals surface area contributed by atoms with Crippen molar-refractivity contribution in [2.75, 3.05) is 0 Å². The highest BCUT2D eigenvalue weighted by molar-refractivity contribution is 5.89. The van der Waals surface area contributed by atoms with E-state index in [0.29, 0.717) is 5.69 Å². The minimum atomic E-state index is -0.288. The molecule has 0 saturated heterocycles. The van der Waals surface area contributed by atoms with E-state index in [-0.39, 0.29) is 24.8 Å². The van der Waals surface area contributed by atoms with Gasteiger partial charge in [0.05, 0.1) is 30.0 Å². The molecule has 0 bridgehead atoms. The van der Waals surface area contributed by atoms with Gasteiger partial charge in [0.25, 0.3) is 0 Å². The molecule has 3 rings (SSSR count). The van der Waals surface area contributed by atoms with Crippen LogP contribution in [0.4, 0.5) is 0 Å². The molecule has 0 aliphatic heterocycles. The van der Waals surface area contributed by atoms with Crippen molar-refractivity contribution >= 4 is 16.8 Å². The zero-order valence-electron chi connectivity index (χ0n) is 12.9. The third kappa shape index (κ3) is 2.87. The summed E-state index contributed by atoms with van der Waals surface area (Å²) in [5, 5.41) is 27.2. The molecule has 1 aromatic heterocycles. The Morgan fingerprint density at radius 3 is 2.67 bits per heavy atom. The lowest BCUT2D eigenvalue weighted by Crippen LogP contribution is -2.20. The van der Waals surface area contributed by atoms with E-state index >= 15 is 0 Å². The third-order valence-corrected chi connectivity index (χ3v) is 3.75. The predicted octanol–water partition coefficient (Wildman–Crippen LogP) is 2.03. The number of nitrogens with zero attached hydrogens (tertiary/aromatic N) is 2. The number of aliphatic hydroxyl groups is 1. The van der Waals surface area contributed by atoms with Crippen molar-refractivity contribution in [3.05, 3.63) is 66.4 Å². The lowest BCUT2D eigenvalue weighted by atomic mass is 10.1. The number of aromatic hydroxyl groups is 1. The maximum absolute atomic E-state index is 11.4. The fourth-order valence-electron chi connectivity index (χ4n) is 2.61. The highest BCUT2D eigenvalue weighted by Crippen LogP contribution is 2.26. The van der Waals surface area contributed by atoms with Crippen molar-refractivity contribution in [2.45, 2.75) is 13.2 Å². The normalized spacial score (nSPS) is 10.7. The highest BCUT2D eigenvalue weighted by atomic mass is 16.3. The van der Waals surface area contributed by atoms with Gasteiger partial charge in [0.2, 0.25) is 5.91 Å². The second-order valence-electron chi connectivity index (χ2n) is 5.27. The summed E-state index contributed by atoms with van der Waals surface area (Å²) in [7, 11) is 0. The second-order valence-corrected chi connectivity index (χ2v) is 5.27. The van der Waals surface area contributed by atoms with Crippen molar-refractivity contribution in [1.82, 2.24) is 15.1 Å². The van der Waals surface area contributed by atoms with Crippen molar-refractivity contribution in [3.63, 3.8) is 0 Å². The third-order valence-electron chi connectivity index (χ3n) is 3.75. The van der Waals surface area contributed by atoms with Gasteiger partial charge in [-0.3, -0.25) is 4.79 Å². The van der Waals surface area contributed by atoms with Crippen LogP contribution < -0.4 is 5.32 Å². The molecule has 0 radical (unpaired) electrons. The van der Waals surface area contributed by atoms with Crippen LogP contribution in [0.5, 0.6) is 5.75 Å². The topological polar surface area (TPSA) is 87.4 Å². The Morgan fingerprint density at radius 1 is 1.25 bits per heavy atom. The molecule has 122 valence electrons. The maximum Gasteiger partial charge on any atom is 0.243 e. The number of carbonyl (C=O) groups is 1. The van der Waals surface area contributed by atoms with Gasteiger partial charge in [-0.2, -0.15) is 5.10 Å². The minimum Gasteiger partial charge on any atom is -0.508 e. The van der Waals surface area contributed by atoms with Crippen LogP contribution in [0.3, 0.4) is 0 Å². The first-order valence-corrected chi connectivity index (χ1v) is 7.44. The Morgan fingerprint density at radius 2 is 2.00 bits per heavy atom. The summed E-state index contributed by atoms with van der Waals surface area (Å²) >= 11 is 0. The van der Waals surface area contributed by atoms with Gasteiger partial charge in [0.1, 0.15) is 5.75 Å². The summed E-state index contributed by atoms with van der Waals surface area (Å²) in [6.45, 7) is 3.53. The van der Waals surface area contributed by atoms with Crippen LogP contribution in [-0.4, -0.2) is 25.9 Å². The zero-order valence-corrected chi connectivity index (χ0v) is 12.9. The molecule has 0 atom stereocenters. The molecule has 3 N–H and O–H groups in total. The fourth-order valence-corrected chi connectivity index (χ4v) is 2.61. The largest absolute Gasteiger partial charge is 0.508 e. The summed E-state index contributed by atoms with van der Waals surface area (Å²) < 4.78 is 1.73. The smallest absolute Gasteiger partial charge is 0.243 e. The Bertz CT molecular complexity index is 898. The molecule has 0 unspecified atom stereocenters. The number of phenolic OH excluding ortho intramolecular Hbond substituents is 1. The van der Waals surface area contributed by atoms with Gasteiger partial charge in [-0.1, -0.05) is 18.7 Å². The average molecular weight is 323 g/mol. The molecular weight excluding hydrogens is 306 g/mol. The number of fused-ring (bicyclic) bond motifs is 1. The number of rotatable bonds is 5. The van der Waals surface area contributed by atoms with E-state index in [0.717, 1.165) is 22.2 Å². The quantitative estimate of drug-likeness (QED) is 0.627. The Kier molecular flexibility index (Phi) is 4.31. The number of amides is 1. The molecule has 0 fully saturated rings. The summed E-state index contributed by atoms with van der Waals surface area (Å²) in [4.78, 5) is 11.4. The zero-order chi connectivity index (χ0) is 17.1. The molecule has 6 heteroatoms. The predicted molar refractivity (Wildman–Crippen MR) is 90.7 cm³/mol. The molecule has 0 aliphatic rings. The van der Waals surface area contributed by atoms with Crippen molar-refractivity contribution in [1.29, 1.82) is 0 Å². The molecule has 1 heterocycles.